The first-order chi connectivity index (χ1) is 13.6. The zero-order valence-corrected chi connectivity index (χ0v) is 15.7. The number of furan rings is 1. The van der Waals surface area contributed by atoms with Crippen molar-refractivity contribution in [1.29, 1.82) is 0 Å². The van der Waals surface area contributed by atoms with Crippen molar-refractivity contribution in [3.63, 3.8) is 0 Å². The van der Waals surface area contributed by atoms with E-state index < -0.39 is 12.1 Å². The molecule has 2 amide bonds. The molecule has 2 heterocycles. The van der Waals surface area contributed by atoms with Gasteiger partial charge in [-0.05, 0) is 36.8 Å². The van der Waals surface area contributed by atoms with Gasteiger partial charge >= 0.3 is 0 Å². The predicted molar refractivity (Wildman–Crippen MR) is 101 cm³/mol. The summed E-state index contributed by atoms with van der Waals surface area (Å²) >= 11 is 0. The number of hydrogen-bond donors (Lipinski definition) is 2. The minimum absolute atomic E-state index is 0.00704. The molecule has 8 nitrogen and oxygen atoms in total. The highest BCUT2D eigenvalue weighted by molar-refractivity contribution is 6.02. The van der Waals surface area contributed by atoms with Crippen LogP contribution in [0, 0.1) is 0 Å². The zero-order chi connectivity index (χ0) is 19.9. The summed E-state index contributed by atoms with van der Waals surface area (Å²) in [5.74, 6) is -0.309. The fourth-order valence-electron chi connectivity index (χ4n) is 3.07. The van der Waals surface area contributed by atoms with E-state index in [9.17, 15) is 14.7 Å². The van der Waals surface area contributed by atoms with E-state index in [0.29, 0.717) is 31.0 Å². The Labute approximate surface area is 163 Å². The van der Waals surface area contributed by atoms with E-state index in [4.69, 9.17) is 13.9 Å². The smallest absolute Gasteiger partial charge is 0.291 e. The molecule has 2 atom stereocenters. The Morgan fingerprint density at radius 1 is 1.36 bits per heavy atom. The number of carbonyl (C=O) groups is 2. The van der Waals surface area contributed by atoms with E-state index in [-0.39, 0.29) is 30.8 Å². The van der Waals surface area contributed by atoms with Crippen molar-refractivity contribution in [2.75, 3.05) is 38.3 Å². The number of anilines is 1. The number of aliphatic hydroxyl groups excluding tert-OH is 1. The third kappa shape index (κ3) is 4.78. The van der Waals surface area contributed by atoms with E-state index in [1.807, 2.05) is 6.92 Å². The van der Waals surface area contributed by atoms with Crippen LogP contribution in [0.2, 0.25) is 0 Å². The molecule has 3 rings (SSSR count). The van der Waals surface area contributed by atoms with Gasteiger partial charge in [0.2, 0.25) is 5.91 Å². The summed E-state index contributed by atoms with van der Waals surface area (Å²) in [6.45, 7) is 3.51. The summed E-state index contributed by atoms with van der Waals surface area (Å²) < 4.78 is 15.7. The molecule has 1 aliphatic rings. The number of nitrogens with one attached hydrogen (secondary N) is 1. The van der Waals surface area contributed by atoms with Gasteiger partial charge in [-0.25, -0.2) is 0 Å². The van der Waals surface area contributed by atoms with Crippen molar-refractivity contribution in [1.82, 2.24) is 4.90 Å². The molecule has 1 aliphatic heterocycles. The maximum Gasteiger partial charge on any atom is 0.291 e. The van der Waals surface area contributed by atoms with Gasteiger partial charge in [0.05, 0.1) is 25.5 Å². The molecule has 28 heavy (non-hydrogen) atoms. The molecule has 150 valence electrons. The molecule has 2 unspecified atom stereocenters. The lowest BCUT2D eigenvalue weighted by Crippen LogP contribution is -2.53. The van der Waals surface area contributed by atoms with Gasteiger partial charge in [0.25, 0.3) is 5.91 Å². The minimum atomic E-state index is -0.916. The number of benzene rings is 1. The second kappa shape index (κ2) is 9.50. The van der Waals surface area contributed by atoms with Crippen LogP contribution in [0.1, 0.15) is 29.1 Å². The fraction of sp³-hybridized carbons (Fsp3) is 0.400. The molecule has 1 aromatic carbocycles. The van der Waals surface area contributed by atoms with Gasteiger partial charge in [-0.15, -0.1) is 0 Å². The third-order valence-corrected chi connectivity index (χ3v) is 4.53. The van der Waals surface area contributed by atoms with Crippen LogP contribution in [-0.2, 0) is 14.3 Å². The second-order valence-electron chi connectivity index (χ2n) is 6.36. The summed E-state index contributed by atoms with van der Waals surface area (Å²) in [7, 11) is 0. The molecule has 2 aromatic rings. The quantitative estimate of drug-likeness (QED) is 0.669. The zero-order valence-electron chi connectivity index (χ0n) is 15.7. The van der Waals surface area contributed by atoms with Crippen LogP contribution in [-0.4, -0.2) is 60.8 Å². The lowest BCUT2D eigenvalue weighted by Gasteiger charge is -2.38. The molecule has 0 radical (unpaired) electrons. The number of morpholine rings is 1. The number of rotatable bonds is 8. The van der Waals surface area contributed by atoms with E-state index in [1.54, 1.807) is 41.3 Å². The van der Waals surface area contributed by atoms with E-state index in [1.165, 1.54) is 6.26 Å². The lowest BCUT2D eigenvalue weighted by molar-refractivity contribution is -0.155. The molecule has 0 aliphatic carbocycles. The average Bonchev–Trinajstić information content (AvgIpc) is 3.24. The Balaban J connectivity index is 1.66. The van der Waals surface area contributed by atoms with Crippen molar-refractivity contribution in [2.45, 2.75) is 19.1 Å². The SMILES string of the molecule is CCOCCN1C(=O)COCC1C(O)c1ccc(NC(=O)c2ccco2)cc1. The largest absolute Gasteiger partial charge is 0.459 e. The number of nitrogens with zero attached hydrogens (tertiary/aromatic N) is 1. The first-order valence-electron chi connectivity index (χ1n) is 9.18. The molecule has 2 N–H and O–H groups in total. The molecule has 0 saturated carbocycles. The van der Waals surface area contributed by atoms with Gasteiger partial charge in [-0.3, -0.25) is 9.59 Å². The molecule has 1 aromatic heterocycles. The standard InChI is InChI=1S/C20H24N2O6/c1-2-26-11-9-22-16(12-27-13-18(22)23)19(24)14-5-7-15(8-6-14)21-20(25)17-4-3-10-28-17/h3-8,10,16,19,24H,2,9,11-13H2,1H3,(H,21,25). The average molecular weight is 388 g/mol. The molecule has 8 heteroatoms. The number of aliphatic hydroxyl groups is 1. The van der Waals surface area contributed by atoms with Crippen LogP contribution in [0.4, 0.5) is 5.69 Å². The van der Waals surface area contributed by atoms with Gasteiger partial charge in [0.15, 0.2) is 5.76 Å². The number of carbonyl (C=O) groups excluding carboxylic acids is 2. The fourth-order valence-corrected chi connectivity index (χ4v) is 3.07. The van der Waals surface area contributed by atoms with Crippen LogP contribution in [0.3, 0.4) is 0 Å². The Kier molecular flexibility index (Phi) is 6.80. The maximum atomic E-state index is 12.2. The lowest BCUT2D eigenvalue weighted by atomic mass is 10.00. The highest BCUT2D eigenvalue weighted by Gasteiger charge is 2.34. The van der Waals surface area contributed by atoms with Crippen LogP contribution in [0.25, 0.3) is 0 Å². The normalized spacial score (nSPS) is 18.1. The highest BCUT2D eigenvalue weighted by Crippen LogP contribution is 2.25. The number of amides is 2. The monoisotopic (exact) mass is 388 g/mol. The van der Waals surface area contributed by atoms with Crippen molar-refractivity contribution >= 4 is 17.5 Å². The third-order valence-electron chi connectivity index (χ3n) is 4.53. The van der Waals surface area contributed by atoms with E-state index in [0.717, 1.165) is 0 Å². The second-order valence-corrected chi connectivity index (χ2v) is 6.36. The summed E-state index contributed by atoms with van der Waals surface area (Å²) in [5.41, 5.74) is 1.20. The van der Waals surface area contributed by atoms with Crippen LogP contribution >= 0.6 is 0 Å². The maximum absolute atomic E-state index is 12.2. The highest BCUT2D eigenvalue weighted by atomic mass is 16.5. The molecule has 0 spiro atoms. The topological polar surface area (TPSA) is 101 Å². The van der Waals surface area contributed by atoms with Crippen LogP contribution in [0.15, 0.2) is 47.1 Å². The summed E-state index contributed by atoms with van der Waals surface area (Å²) in [4.78, 5) is 25.8. The van der Waals surface area contributed by atoms with Crippen molar-refractivity contribution < 1.29 is 28.6 Å². The van der Waals surface area contributed by atoms with Crippen molar-refractivity contribution in [3.8, 4) is 0 Å². The van der Waals surface area contributed by atoms with Crippen LogP contribution in [0.5, 0.6) is 0 Å². The summed E-state index contributed by atoms with van der Waals surface area (Å²) in [6.07, 6.45) is 0.514. The number of hydrogen-bond acceptors (Lipinski definition) is 6. The van der Waals surface area contributed by atoms with Crippen molar-refractivity contribution in [2.24, 2.45) is 0 Å². The summed E-state index contributed by atoms with van der Waals surface area (Å²) in [5, 5.41) is 13.5. The molecule has 0 bridgehead atoms. The first kappa shape index (κ1) is 20.1. The molecule has 1 fully saturated rings. The Morgan fingerprint density at radius 2 is 2.14 bits per heavy atom. The van der Waals surface area contributed by atoms with Gasteiger partial charge in [-0.2, -0.15) is 0 Å². The van der Waals surface area contributed by atoms with E-state index >= 15 is 0 Å². The molecular formula is C20H24N2O6. The van der Waals surface area contributed by atoms with Gasteiger partial charge in [-0.1, -0.05) is 12.1 Å². The molecule has 1 saturated heterocycles. The van der Waals surface area contributed by atoms with Gasteiger partial charge < -0.3 is 29.2 Å². The van der Waals surface area contributed by atoms with Crippen LogP contribution < -0.4 is 5.32 Å². The molecular weight excluding hydrogens is 364 g/mol. The Bertz CT molecular complexity index is 775. The van der Waals surface area contributed by atoms with E-state index in [2.05, 4.69) is 5.32 Å². The first-order valence-corrected chi connectivity index (χ1v) is 9.18. The predicted octanol–water partition coefficient (Wildman–Crippen LogP) is 1.83. The summed E-state index contributed by atoms with van der Waals surface area (Å²) in [6, 6.07) is 9.52. The number of ether oxygens (including phenoxy) is 2. The Morgan fingerprint density at radius 3 is 2.82 bits per heavy atom. The van der Waals surface area contributed by atoms with Gasteiger partial charge in [0, 0.05) is 18.8 Å². The minimum Gasteiger partial charge on any atom is -0.459 e. The Hall–Kier alpha value is -2.68. The van der Waals surface area contributed by atoms with Crippen molar-refractivity contribution in [3.05, 3.63) is 54.0 Å². The van der Waals surface area contributed by atoms with Gasteiger partial charge in [0.1, 0.15) is 12.7 Å².